The summed E-state index contributed by atoms with van der Waals surface area (Å²) < 4.78 is 5.46. The van der Waals surface area contributed by atoms with E-state index >= 15 is 0 Å². The Hall–Kier alpha value is -1.08. The fourth-order valence-corrected chi connectivity index (χ4v) is 2.41. The van der Waals surface area contributed by atoms with Gasteiger partial charge in [-0.05, 0) is 30.9 Å². The van der Waals surface area contributed by atoms with Crippen molar-refractivity contribution in [2.75, 3.05) is 7.11 Å². The number of allylic oxidation sites excluding steroid dienone is 1. The lowest BCUT2D eigenvalue weighted by atomic mass is 9.86. The number of benzene rings is 1. The molecule has 0 saturated heterocycles. The van der Waals surface area contributed by atoms with Crippen LogP contribution in [0.25, 0.3) is 5.57 Å². The maximum absolute atomic E-state index is 5.46. The molecule has 1 heteroatoms. The normalized spacial score (nSPS) is 25.3. The Kier molecular flexibility index (Phi) is 3.45. The molecule has 16 heavy (non-hydrogen) atoms. The van der Waals surface area contributed by atoms with Crippen molar-refractivity contribution in [1.82, 2.24) is 0 Å². The van der Waals surface area contributed by atoms with Gasteiger partial charge in [-0.1, -0.05) is 42.8 Å². The van der Waals surface area contributed by atoms with E-state index in [1.165, 1.54) is 16.7 Å². The van der Waals surface area contributed by atoms with Crippen LogP contribution in [0.15, 0.2) is 30.3 Å². The number of aryl methyl sites for hydroxylation is 1. The molecule has 0 aromatic heterocycles. The van der Waals surface area contributed by atoms with Gasteiger partial charge in [-0.25, -0.2) is 0 Å². The van der Waals surface area contributed by atoms with Crippen molar-refractivity contribution in [3.63, 3.8) is 0 Å². The van der Waals surface area contributed by atoms with Gasteiger partial charge in [0.25, 0.3) is 0 Å². The van der Waals surface area contributed by atoms with Gasteiger partial charge in [-0.2, -0.15) is 0 Å². The van der Waals surface area contributed by atoms with Crippen LogP contribution in [0.2, 0.25) is 0 Å². The number of methoxy groups -OCH3 is 1. The van der Waals surface area contributed by atoms with Crippen molar-refractivity contribution >= 4 is 5.57 Å². The van der Waals surface area contributed by atoms with Crippen LogP contribution in [0.4, 0.5) is 0 Å². The van der Waals surface area contributed by atoms with E-state index in [0.29, 0.717) is 12.0 Å². The lowest BCUT2D eigenvalue weighted by Gasteiger charge is -2.26. The molecule has 1 aliphatic rings. The third-order valence-electron chi connectivity index (χ3n) is 3.47. The summed E-state index contributed by atoms with van der Waals surface area (Å²) >= 11 is 0. The Morgan fingerprint density at radius 1 is 1.19 bits per heavy atom. The summed E-state index contributed by atoms with van der Waals surface area (Å²) in [7, 11) is 1.81. The Bertz CT molecular complexity index is 375. The second-order valence-corrected chi connectivity index (χ2v) is 4.73. The molecular formula is C15H20O. The van der Waals surface area contributed by atoms with Crippen molar-refractivity contribution in [3.05, 3.63) is 41.5 Å². The molecule has 0 aliphatic heterocycles. The summed E-state index contributed by atoms with van der Waals surface area (Å²) in [4.78, 5) is 0. The molecule has 0 radical (unpaired) electrons. The molecule has 2 rings (SSSR count). The van der Waals surface area contributed by atoms with Crippen molar-refractivity contribution in [2.24, 2.45) is 5.92 Å². The van der Waals surface area contributed by atoms with Crippen LogP contribution in [-0.4, -0.2) is 13.2 Å². The summed E-state index contributed by atoms with van der Waals surface area (Å²) in [6.45, 7) is 4.37. The van der Waals surface area contributed by atoms with E-state index in [0.717, 1.165) is 12.8 Å². The average molecular weight is 216 g/mol. The van der Waals surface area contributed by atoms with Gasteiger partial charge in [-0.3, -0.25) is 0 Å². The van der Waals surface area contributed by atoms with Gasteiger partial charge in [0.15, 0.2) is 0 Å². The Morgan fingerprint density at radius 3 is 2.44 bits per heavy atom. The smallest absolute Gasteiger partial charge is 0.0634 e. The minimum absolute atomic E-state index is 0.397. The molecular weight excluding hydrogens is 196 g/mol. The SMILES string of the molecule is COC1CCC(c2ccc(C)cc2)=CC1C. The Labute approximate surface area is 98.1 Å². The third kappa shape index (κ3) is 2.35. The monoisotopic (exact) mass is 216 g/mol. The van der Waals surface area contributed by atoms with Crippen LogP contribution >= 0.6 is 0 Å². The van der Waals surface area contributed by atoms with Crippen molar-refractivity contribution in [3.8, 4) is 0 Å². The van der Waals surface area contributed by atoms with Crippen LogP contribution in [0.5, 0.6) is 0 Å². The van der Waals surface area contributed by atoms with Crippen LogP contribution < -0.4 is 0 Å². The van der Waals surface area contributed by atoms with Gasteiger partial charge < -0.3 is 4.74 Å². The largest absolute Gasteiger partial charge is 0.381 e. The molecule has 0 N–H and O–H groups in total. The van der Waals surface area contributed by atoms with Crippen molar-refractivity contribution < 1.29 is 4.74 Å². The molecule has 0 heterocycles. The summed E-state index contributed by atoms with van der Waals surface area (Å²) in [6.07, 6.45) is 5.03. The average Bonchev–Trinajstić information content (AvgIpc) is 2.30. The van der Waals surface area contributed by atoms with E-state index in [4.69, 9.17) is 4.74 Å². The molecule has 86 valence electrons. The third-order valence-corrected chi connectivity index (χ3v) is 3.47. The van der Waals surface area contributed by atoms with Crippen molar-refractivity contribution in [2.45, 2.75) is 32.8 Å². The number of hydrogen-bond donors (Lipinski definition) is 0. The quantitative estimate of drug-likeness (QED) is 0.730. The van der Waals surface area contributed by atoms with Crippen LogP contribution in [-0.2, 0) is 4.74 Å². The van der Waals surface area contributed by atoms with Gasteiger partial charge in [0.05, 0.1) is 6.10 Å². The molecule has 1 aromatic carbocycles. The van der Waals surface area contributed by atoms with Gasteiger partial charge in [0.1, 0.15) is 0 Å². The highest BCUT2D eigenvalue weighted by Gasteiger charge is 2.21. The summed E-state index contributed by atoms with van der Waals surface area (Å²) in [5, 5.41) is 0. The highest BCUT2D eigenvalue weighted by molar-refractivity contribution is 5.66. The zero-order valence-electron chi connectivity index (χ0n) is 10.4. The Morgan fingerprint density at radius 2 is 1.88 bits per heavy atom. The standard InChI is InChI=1S/C15H20O/c1-11-4-6-13(7-5-11)14-8-9-15(16-3)12(2)10-14/h4-7,10,12,15H,8-9H2,1-3H3. The van der Waals surface area contributed by atoms with Gasteiger partial charge in [0, 0.05) is 13.0 Å². The summed E-state index contributed by atoms with van der Waals surface area (Å²) in [5.41, 5.74) is 4.16. The topological polar surface area (TPSA) is 9.23 Å². The van der Waals surface area contributed by atoms with E-state index in [9.17, 15) is 0 Å². The summed E-state index contributed by atoms with van der Waals surface area (Å²) in [6, 6.07) is 8.81. The molecule has 2 atom stereocenters. The fraction of sp³-hybridized carbons (Fsp3) is 0.467. The second kappa shape index (κ2) is 4.84. The van der Waals surface area contributed by atoms with E-state index < -0.39 is 0 Å². The van der Waals surface area contributed by atoms with Gasteiger partial charge in [-0.15, -0.1) is 0 Å². The minimum Gasteiger partial charge on any atom is -0.381 e. The molecule has 2 unspecified atom stereocenters. The molecule has 0 saturated carbocycles. The Balaban J connectivity index is 2.20. The van der Waals surface area contributed by atoms with E-state index in [-0.39, 0.29) is 0 Å². The van der Waals surface area contributed by atoms with Crippen molar-refractivity contribution in [1.29, 1.82) is 0 Å². The second-order valence-electron chi connectivity index (χ2n) is 4.73. The van der Waals surface area contributed by atoms with Crippen LogP contribution in [0, 0.1) is 12.8 Å². The molecule has 0 fully saturated rings. The predicted octanol–water partition coefficient (Wildman–Crippen LogP) is 3.82. The highest BCUT2D eigenvalue weighted by atomic mass is 16.5. The first-order valence-electron chi connectivity index (χ1n) is 6.01. The maximum atomic E-state index is 5.46. The zero-order chi connectivity index (χ0) is 11.5. The van der Waals surface area contributed by atoms with Crippen LogP contribution in [0.3, 0.4) is 0 Å². The fourth-order valence-electron chi connectivity index (χ4n) is 2.41. The number of hydrogen-bond acceptors (Lipinski definition) is 1. The van der Waals surface area contributed by atoms with Gasteiger partial charge >= 0.3 is 0 Å². The minimum atomic E-state index is 0.397. The predicted molar refractivity (Wildman–Crippen MR) is 68.4 cm³/mol. The number of ether oxygens (including phenoxy) is 1. The van der Waals surface area contributed by atoms with Gasteiger partial charge in [0.2, 0.25) is 0 Å². The first kappa shape index (κ1) is 11.4. The van der Waals surface area contributed by atoms with E-state index in [2.05, 4.69) is 44.2 Å². The van der Waals surface area contributed by atoms with E-state index in [1.807, 2.05) is 7.11 Å². The molecule has 0 spiro atoms. The number of rotatable bonds is 2. The first-order valence-corrected chi connectivity index (χ1v) is 6.01. The maximum Gasteiger partial charge on any atom is 0.0634 e. The summed E-state index contributed by atoms with van der Waals surface area (Å²) in [5.74, 6) is 0.523. The van der Waals surface area contributed by atoms with E-state index in [1.54, 1.807) is 0 Å². The molecule has 1 nitrogen and oxygen atoms in total. The molecule has 1 aromatic rings. The molecule has 0 amide bonds. The molecule has 1 aliphatic carbocycles. The first-order chi connectivity index (χ1) is 7.70. The molecule has 0 bridgehead atoms. The van der Waals surface area contributed by atoms with Crippen LogP contribution in [0.1, 0.15) is 30.9 Å². The zero-order valence-corrected chi connectivity index (χ0v) is 10.4. The lowest BCUT2D eigenvalue weighted by molar-refractivity contribution is 0.0652. The highest BCUT2D eigenvalue weighted by Crippen LogP contribution is 2.31. The lowest BCUT2D eigenvalue weighted by Crippen LogP contribution is -2.22.